The molecule has 0 amide bonds. The molecule has 0 aliphatic carbocycles. The second-order valence-electron chi connectivity index (χ2n) is 5.98. The lowest BCUT2D eigenvalue weighted by Gasteiger charge is -2.45. The van der Waals surface area contributed by atoms with Crippen LogP contribution in [0.2, 0.25) is 0 Å². The fraction of sp³-hybridized carbons (Fsp3) is 0.625. The zero-order chi connectivity index (χ0) is 21.4. The highest BCUT2D eigenvalue weighted by atomic mass is 19.4. The third-order valence-corrected chi connectivity index (χ3v) is 4.53. The Morgan fingerprint density at radius 3 is 1.44 bits per heavy atom. The number of aliphatic carboxylic acids is 2. The van der Waals surface area contributed by atoms with Crippen molar-refractivity contribution in [1.82, 2.24) is 4.90 Å². The van der Waals surface area contributed by atoms with Gasteiger partial charge < -0.3 is 15.1 Å². The molecular weight excluding hydrogens is 384 g/mol. The molecule has 27 heavy (non-hydrogen) atoms. The Morgan fingerprint density at radius 1 is 0.889 bits per heavy atom. The summed E-state index contributed by atoms with van der Waals surface area (Å²) in [5.74, 6) is -4.20. The van der Waals surface area contributed by atoms with Crippen LogP contribution in [0.1, 0.15) is 40.0 Å². The fourth-order valence-electron chi connectivity index (χ4n) is 3.68. The van der Waals surface area contributed by atoms with Gasteiger partial charge in [-0.15, -0.1) is 0 Å². The Balaban J connectivity index is 4.26. The van der Waals surface area contributed by atoms with E-state index in [0.29, 0.717) is 0 Å². The third kappa shape index (κ3) is 3.77. The number of rotatable bonds is 6. The Labute approximate surface area is 150 Å². The van der Waals surface area contributed by atoms with Crippen molar-refractivity contribution >= 4 is 11.9 Å². The molecule has 1 aliphatic rings. The van der Waals surface area contributed by atoms with Gasteiger partial charge in [0.1, 0.15) is 11.4 Å². The smallest absolute Gasteiger partial charge is 0.432 e. The molecule has 1 rings (SSSR count). The predicted octanol–water partition coefficient (Wildman–Crippen LogP) is 4.32. The van der Waals surface area contributed by atoms with E-state index in [9.17, 15) is 46.1 Å². The maximum absolute atomic E-state index is 13.7. The molecule has 5 nitrogen and oxygen atoms in total. The molecule has 1 heterocycles. The standard InChI is InChI=1S/C16H19F6NO4/c1-4-7-14(5-2)8(12(24)25)10(15(17,18)19)23(6-3)11(16(20,21)22)9(14)13(26)27/h4-7H2,1-3H3,(H,24,25)(H,26,27). The van der Waals surface area contributed by atoms with E-state index < -0.39 is 71.6 Å². The normalized spacial score (nSPS) is 18.2. The van der Waals surface area contributed by atoms with Gasteiger partial charge in [-0.1, -0.05) is 20.3 Å². The monoisotopic (exact) mass is 403 g/mol. The van der Waals surface area contributed by atoms with Gasteiger partial charge in [-0.05, 0) is 19.8 Å². The summed E-state index contributed by atoms with van der Waals surface area (Å²) < 4.78 is 82.2. The average Bonchev–Trinajstić information content (AvgIpc) is 2.50. The number of allylic oxidation sites excluding steroid dienone is 2. The molecule has 0 fully saturated rings. The van der Waals surface area contributed by atoms with Crippen molar-refractivity contribution in [2.45, 2.75) is 52.4 Å². The Hall–Kier alpha value is -2.20. The van der Waals surface area contributed by atoms with Crippen molar-refractivity contribution < 1.29 is 46.1 Å². The second kappa shape index (κ2) is 7.43. The van der Waals surface area contributed by atoms with Crippen molar-refractivity contribution in [1.29, 1.82) is 0 Å². The first-order chi connectivity index (χ1) is 12.2. The van der Waals surface area contributed by atoms with Gasteiger partial charge in [0, 0.05) is 12.0 Å². The van der Waals surface area contributed by atoms with Crippen molar-refractivity contribution in [3.8, 4) is 0 Å². The summed E-state index contributed by atoms with van der Waals surface area (Å²) in [6.45, 7) is 2.63. The first kappa shape index (κ1) is 22.8. The molecule has 0 aromatic rings. The lowest BCUT2D eigenvalue weighted by atomic mass is 9.65. The molecule has 0 saturated heterocycles. The fourth-order valence-corrected chi connectivity index (χ4v) is 3.68. The molecular formula is C16H19F6NO4. The molecule has 0 aromatic carbocycles. The van der Waals surface area contributed by atoms with Gasteiger partial charge in [-0.2, -0.15) is 26.3 Å². The lowest BCUT2D eigenvalue weighted by Crippen LogP contribution is -2.50. The molecule has 0 atom stereocenters. The quantitative estimate of drug-likeness (QED) is 0.646. The first-order valence-electron chi connectivity index (χ1n) is 8.08. The summed E-state index contributed by atoms with van der Waals surface area (Å²) >= 11 is 0. The minimum atomic E-state index is -5.43. The van der Waals surface area contributed by atoms with Crippen LogP contribution < -0.4 is 0 Å². The Bertz CT molecular complexity index is 640. The van der Waals surface area contributed by atoms with Gasteiger partial charge in [0.25, 0.3) is 0 Å². The van der Waals surface area contributed by atoms with E-state index in [1.165, 1.54) is 13.8 Å². The summed E-state index contributed by atoms with van der Waals surface area (Å²) in [7, 11) is 0. The van der Waals surface area contributed by atoms with Crippen molar-refractivity contribution in [3.05, 3.63) is 22.5 Å². The molecule has 11 heteroatoms. The van der Waals surface area contributed by atoms with Crippen LogP contribution in [0.4, 0.5) is 26.3 Å². The summed E-state index contributed by atoms with van der Waals surface area (Å²) in [4.78, 5) is 23.2. The van der Waals surface area contributed by atoms with E-state index >= 15 is 0 Å². The minimum absolute atomic E-state index is 0.0240. The highest BCUT2D eigenvalue weighted by Crippen LogP contribution is 2.56. The SMILES string of the molecule is CCCC1(CC)C(C(=O)O)=C(C(F)(F)F)N(CC)C(C(F)(F)F)=C1C(=O)O. The number of nitrogens with zero attached hydrogens (tertiary/aromatic N) is 1. The Morgan fingerprint density at radius 2 is 1.26 bits per heavy atom. The van der Waals surface area contributed by atoms with E-state index in [-0.39, 0.29) is 11.3 Å². The molecule has 2 N–H and O–H groups in total. The summed E-state index contributed by atoms with van der Waals surface area (Å²) in [6.07, 6.45) is -11.9. The van der Waals surface area contributed by atoms with Gasteiger partial charge in [0.15, 0.2) is 0 Å². The summed E-state index contributed by atoms with van der Waals surface area (Å²) in [5, 5.41) is 19.0. The molecule has 0 unspecified atom stereocenters. The van der Waals surface area contributed by atoms with Crippen LogP contribution >= 0.6 is 0 Å². The summed E-state index contributed by atoms with van der Waals surface area (Å²) in [5.41, 5.74) is -9.14. The second-order valence-corrected chi connectivity index (χ2v) is 5.98. The van der Waals surface area contributed by atoms with Gasteiger partial charge >= 0.3 is 24.3 Å². The largest absolute Gasteiger partial charge is 0.478 e. The van der Waals surface area contributed by atoms with Crippen molar-refractivity contribution in [2.75, 3.05) is 6.54 Å². The van der Waals surface area contributed by atoms with E-state index in [1.807, 2.05) is 0 Å². The number of halogens is 6. The van der Waals surface area contributed by atoms with Crippen LogP contribution in [-0.4, -0.2) is 45.9 Å². The Kier molecular flexibility index (Phi) is 6.29. The maximum Gasteiger partial charge on any atom is 0.432 e. The van der Waals surface area contributed by atoms with Crippen LogP contribution in [-0.2, 0) is 9.59 Å². The number of hydrogen-bond acceptors (Lipinski definition) is 3. The highest BCUT2D eigenvalue weighted by molar-refractivity contribution is 5.98. The topological polar surface area (TPSA) is 77.8 Å². The third-order valence-electron chi connectivity index (χ3n) is 4.53. The number of carboxylic acids is 2. The first-order valence-corrected chi connectivity index (χ1v) is 8.08. The van der Waals surface area contributed by atoms with Gasteiger partial charge in [-0.25, -0.2) is 9.59 Å². The van der Waals surface area contributed by atoms with E-state index in [0.717, 1.165) is 6.92 Å². The molecule has 0 saturated carbocycles. The maximum atomic E-state index is 13.7. The van der Waals surface area contributed by atoms with Gasteiger partial charge in [0.2, 0.25) is 0 Å². The van der Waals surface area contributed by atoms with Crippen LogP contribution in [0.3, 0.4) is 0 Å². The zero-order valence-corrected chi connectivity index (χ0v) is 14.8. The van der Waals surface area contributed by atoms with Crippen LogP contribution in [0.15, 0.2) is 22.5 Å². The van der Waals surface area contributed by atoms with Crippen LogP contribution in [0.5, 0.6) is 0 Å². The number of carboxylic acid groups (broad SMARTS) is 2. The minimum Gasteiger partial charge on any atom is -0.478 e. The summed E-state index contributed by atoms with van der Waals surface area (Å²) in [6, 6.07) is 0. The molecule has 0 radical (unpaired) electrons. The lowest BCUT2D eigenvalue weighted by molar-refractivity contribution is -0.150. The molecule has 0 aromatic heterocycles. The molecule has 0 bridgehead atoms. The van der Waals surface area contributed by atoms with E-state index in [4.69, 9.17) is 0 Å². The zero-order valence-electron chi connectivity index (χ0n) is 14.8. The highest BCUT2D eigenvalue weighted by Gasteiger charge is 2.60. The molecule has 0 spiro atoms. The number of alkyl halides is 6. The van der Waals surface area contributed by atoms with E-state index in [2.05, 4.69) is 0 Å². The number of carbonyl (C=O) groups is 2. The molecule has 154 valence electrons. The van der Waals surface area contributed by atoms with Crippen LogP contribution in [0.25, 0.3) is 0 Å². The molecule has 1 aliphatic heterocycles. The number of hydrogen-bond donors (Lipinski definition) is 2. The van der Waals surface area contributed by atoms with E-state index in [1.54, 1.807) is 0 Å². The predicted molar refractivity (Wildman–Crippen MR) is 81.4 cm³/mol. The van der Waals surface area contributed by atoms with Crippen LogP contribution in [0, 0.1) is 5.41 Å². The van der Waals surface area contributed by atoms with Crippen molar-refractivity contribution in [2.24, 2.45) is 5.41 Å². The van der Waals surface area contributed by atoms with Gasteiger partial charge in [-0.3, -0.25) is 0 Å². The average molecular weight is 403 g/mol. The van der Waals surface area contributed by atoms with Gasteiger partial charge in [0.05, 0.1) is 11.1 Å². The van der Waals surface area contributed by atoms with Crippen molar-refractivity contribution in [3.63, 3.8) is 0 Å².